The summed E-state index contributed by atoms with van der Waals surface area (Å²) in [7, 11) is 1.70. The Morgan fingerprint density at radius 2 is 1.59 bits per heavy atom. The van der Waals surface area contributed by atoms with E-state index in [1.165, 1.54) is 0 Å². The average molecular weight is 641 g/mol. The quantitative estimate of drug-likeness (QED) is 0.166. The Balaban J connectivity index is 0.00000264. The molecule has 2 amide bonds. The van der Waals surface area contributed by atoms with Gasteiger partial charge in [-0.3, -0.25) is 19.4 Å². The van der Waals surface area contributed by atoms with Crippen LogP contribution in [-0.2, 0) is 16.1 Å². The van der Waals surface area contributed by atoms with E-state index in [1.54, 1.807) is 49.2 Å². The Kier molecular flexibility index (Phi) is 11.4. The lowest BCUT2D eigenvalue weighted by Gasteiger charge is -2.27. The Bertz CT molecular complexity index is 1660. The molecule has 0 saturated carbocycles. The smallest absolute Gasteiger partial charge is 0.251 e. The Hall–Kier alpha value is -4.08. The number of rotatable bonds is 10. The van der Waals surface area contributed by atoms with Crippen LogP contribution in [-0.4, -0.2) is 54.7 Å². The molecule has 1 aliphatic rings. The van der Waals surface area contributed by atoms with Crippen LogP contribution in [0.2, 0.25) is 0 Å². The fourth-order valence-corrected chi connectivity index (χ4v) is 5.54. The highest BCUT2D eigenvalue weighted by Gasteiger charge is 2.45. The molecule has 2 aromatic heterocycles. The second kappa shape index (κ2) is 14.6. The second-order valence-corrected chi connectivity index (χ2v) is 11.0. The molecule has 0 fully saturated rings. The molecule has 44 heavy (non-hydrogen) atoms. The molecule has 0 aliphatic carbocycles. The number of nitrogens with zero attached hydrogens (tertiary/aromatic N) is 5. The number of anilines is 3. The molecule has 2 aromatic carbocycles. The lowest BCUT2D eigenvalue weighted by Crippen LogP contribution is -2.47. The van der Waals surface area contributed by atoms with Crippen LogP contribution >= 0.6 is 24.8 Å². The highest BCUT2D eigenvalue weighted by Crippen LogP contribution is 2.40. The van der Waals surface area contributed by atoms with Crippen molar-refractivity contribution in [2.45, 2.75) is 33.7 Å². The fraction of sp³-hybridized carbons (Fsp3) is 0.333. The molecular formula is C33H39Cl2N5O4. The molecule has 0 spiro atoms. The van der Waals surface area contributed by atoms with Crippen molar-refractivity contribution in [1.29, 1.82) is 0 Å². The van der Waals surface area contributed by atoms with E-state index in [9.17, 15) is 14.4 Å². The van der Waals surface area contributed by atoms with Crippen LogP contribution in [0.25, 0.3) is 10.9 Å². The molecular weight excluding hydrogens is 601 g/mol. The first-order chi connectivity index (χ1) is 20.2. The molecule has 0 bridgehead atoms. The van der Waals surface area contributed by atoms with Gasteiger partial charge in [-0.15, -0.1) is 24.8 Å². The molecule has 0 saturated heterocycles. The minimum absolute atomic E-state index is 0. The van der Waals surface area contributed by atoms with Gasteiger partial charge in [0.2, 0.25) is 11.8 Å². The number of carbonyl (C=O) groups is 2. The van der Waals surface area contributed by atoms with Crippen molar-refractivity contribution in [1.82, 2.24) is 9.55 Å². The van der Waals surface area contributed by atoms with Crippen molar-refractivity contribution in [3.05, 3.63) is 89.5 Å². The summed E-state index contributed by atoms with van der Waals surface area (Å²) in [5, 5.41) is 1.03. The van der Waals surface area contributed by atoms with Crippen molar-refractivity contribution in [2.75, 3.05) is 48.0 Å². The maximum atomic E-state index is 13.1. The van der Waals surface area contributed by atoms with E-state index < -0.39 is 5.41 Å². The molecule has 0 N–H and O–H groups in total. The van der Waals surface area contributed by atoms with Crippen LogP contribution < -0.4 is 25.0 Å². The van der Waals surface area contributed by atoms with Crippen molar-refractivity contribution >= 4 is 64.6 Å². The molecule has 0 radical (unpaired) electrons. The molecule has 0 atom stereocenters. The predicted octanol–water partition coefficient (Wildman–Crippen LogP) is 5.57. The minimum Gasteiger partial charge on any atom is -0.493 e. The number of carbonyl (C=O) groups excluding carboxylic acids is 2. The van der Waals surface area contributed by atoms with E-state index in [0.717, 1.165) is 23.0 Å². The fourth-order valence-electron chi connectivity index (χ4n) is 5.54. The van der Waals surface area contributed by atoms with Crippen LogP contribution in [0.4, 0.5) is 17.1 Å². The summed E-state index contributed by atoms with van der Waals surface area (Å²) in [6, 6.07) is 20.9. The zero-order chi connectivity index (χ0) is 29.9. The van der Waals surface area contributed by atoms with Gasteiger partial charge in [0.25, 0.3) is 5.56 Å². The lowest BCUT2D eigenvalue weighted by atomic mass is 9.90. The summed E-state index contributed by atoms with van der Waals surface area (Å²) < 4.78 is 7.95. The van der Waals surface area contributed by atoms with Crippen molar-refractivity contribution < 1.29 is 14.3 Å². The second-order valence-electron chi connectivity index (χ2n) is 11.0. The molecule has 0 unspecified atom stereocenters. The number of amides is 2. The normalized spacial score (nSPS) is 13.9. The minimum atomic E-state index is -1.15. The molecule has 3 heterocycles. The van der Waals surface area contributed by atoms with Crippen LogP contribution in [0, 0.1) is 5.41 Å². The van der Waals surface area contributed by atoms with E-state index >= 15 is 0 Å². The number of ether oxygens (including phenoxy) is 1. The van der Waals surface area contributed by atoms with E-state index in [4.69, 9.17) is 4.74 Å². The molecule has 1 aliphatic heterocycles. The number of para-hydroxylation sites is 1. The predicted molar refractivity (Wildman–Crippen MR) is 181 cm³/mol. The van der Waals surface area contributed by atoms with Crippen molar-refractivity contribution in [3.63, 3.8) is 0 Å². The monoisotopic (exact) mass is 639 g/mol. The van der Waals surface area contributed by atoms with Gasteiger partial charge in [0.15, 0.2) is 0 Å². The summed E-state index contributed by atoms with van der Waals surface area (Å²) in [5.41, 5.74) is 2.11. The van der Waals surface area contributed by atoms with Gasteiger partial charge < -0.3 is 24.0 Å². The zero-order valence-electron chi connectivity index (χ0n) is 25.4. The molecule has 4 aromatic rings. The largest absolute Gasteiger partial charge is 0.493 e. The van der Waals surface area contributed by atoms with E-state index in [1.807, 2.05) is 72.2 Å². The number of aromatic nitrogens is 2. The molecule has 9 nitrogen and oxygen atoms in total. The first kappa shape index (κ1) is 34.4. The highest BCUT2D eigenvalue weighted by molar-refractivity contribution is 6.20. The first-order valence-corrected chi connectivity index (χ1v) is 14.3. The van der Waals surface area contributed by atoms with Crippen LogP contribution in [0.3, 0.4) is 0 Å². The first-order valence-electron chi connectivity index (χ1n) is 14.3. The van der Waals surface area contributed by atoms with Crippen molar-refractivity contribution in [2.24, 2.45) is 5.41 Å². The van der Waals surface area contributed by atoms with Crippen LogP contribution in [0.1, 0.15) is 27.2 Å². The van der Waals surface area contributed by atoms with E-state index in [-0.39, 0.29) is 42.2 Å². The maximum absolute atomic E-state index is 13.1. The molecule has 234 valence electrons. The van der Waals surface area contributed by atoms with Gasteiger partial charge in [-0.25, -0.2) is 0 Å². The third-order valence-corrected chi connectivity index (χ3v) is 7.90. The summed E-state index contributed by atoms with van der Waals surface area (Å²) in [5.74, 6) is 0.172. The summed E-state index contributed by atoms with van der Waals surface area (Å²) in [6.07, 6.45) is 4.26. The topological polar surface area (TPSA) is 88.0 Å². The summed E-state index contributed by atoms with van der Waals surface area (Å²) in [6.45, 7) is 8.05. The number of fused-ring (bicyclic) bond motifs is 2. The van der Waals surface area contributed by atoms with Gasteiger partial charge in [-0.2, -0.15) is 0 Å². The SMILES string of the molecule is CCN1C(=O)C(C)(C)C(=O)N(C)c2cc(OCCCN(CCn3c(=O)ccc4ccccc43)c3ccncc3)ccc21.Cl.Cl. The Morgan fingerprint density at radius 1 is 0.864 bits per heavy atom. The van der Waals surface area contributed by atoms with Crippen LogP contribution in [0.15, 0.2) is 83.9 Å². The van der Waals surface area contributed by atoms with Gasteiger partial charge in [0, 0.05) is 63.4 Å². The lowest BCUT2D eigenvalue weighted by molar-refractivity contribution is -0.137. The molecule has 5 rings (SSSR count). The number of halogens is 2. The third kappa shape index (κ3) is 6.84. The Labute approximate surface area is 270 Å². The van der Waals surface area contributed by atoms with E-state index in [0.29, 0.717) is 49.9 Å². The molecule has 11 heteroatoms. The van der Waals surface area contributed by atoms with Gasteiger partial charge in [0.05, 0.1) is 23.5 Å². The number of hydrogen-bond donors (Lipinski definition) is 0. The summed E-state index contributed by atoms with van der Waals surface area (Å²) >= 11 is 0. The highest BCUT2D eigenvalue weighted by atomic mass is 35.5. The van der Waals surface area contributed by atoms with Gasteiger partial charge in [0.1, 0.15) is 11.2 Å². The number of hydrogen-bond acceptors (Lipinski definition) is 6. The number of benzene rings is 2. The van der Waals surface area contributed by atoms with E-state index in [2.05, 4.69) is 9.88 Å². The average Bonchev–Trinajstić information content (AvgIpc) is 3.06. The summed E-state index contributed by atoms with van der Waals surface area (Å²) in [4.78, 5) is 48.6. The maximum Gasteiger partial charge on any atom is 0.251 e. The Morgan fingerprint density at radius 3 is 2.32 bits per heavy atom. The third-order valence-electron chi connectivity index (χ3n) is 7.90. The van der Waals surface area contributed by atoms with Gasteiger partial charge in [-0.05, 0) is 69.0 Å². The standard InChI is InChI=1S/C33H37N5O4.2ClH/c1-5-37-28-13-12-26(23-29(28)35(4)31(40)33(2,3)32(37)41)42-22-8-19-36(25-15-17-34-18-16-25)20-21-38-27-10-7-6-9-24(27)11-14-30(38)39;;/h6-7,9-18,23H,5,8,19-22H2,1-4H3;2*1H. The van der Waals surface area contributed by atoms with Crippen molar-refractivity contribution in [3.8, 4) is 5.75 Å². The van der Waals surface area contributed by atoms with Gasteiger partial charge in [-0.1, -0.05) is 18.2 Å². The van der Waals surface area contributed by atoms with Crippen LogP contribution in [0.5, 0.6) is 5.75 Å². The zero-order valence-corrected chi connectivity index (χ0v) is 27.1. The van der Waals surface area contributed by atoms with Gasteiger partial charge >= 0.3 is 0 Å². The number of pyridine rings is 2.